The SMILES string of the molecule is COc1cccc(N2CC[NH+](CC(=O)Nc3ccccc3C(=O)NC3CC3)CC2)c1. The standard InChI is InChI=1S/C23H28N4O3/c1-30-19-6-4-5-18(15-19)27-13-11-26(12-14-27)16-22(28)25-21-8-3-2-7-20(21)23(29)24-17-9-10-17/h2-8,15,17H,9-14,16H2,1H3,(H,24,29)(H,25,28)/p+1. The van der Waals surface area contributed by atoms with E-state index in [1.165, 1.54) is 4.90 Å². The predicted octanol–water partition coefficient (Wildman–Crippen LogP) is 0.931. The van der Waals surface area contributed by atoms with Gasteiger partial charge in [0.1, 0.15) is 5.75 Å². The van der Waals surface area contributed by atoms with Gasteiger partial charge in [0.05, 0.1) is 44.5 Å². The molecule has 7 nitrogen and oxygen atoms in total. The third-order valence-corrected chi connectivity index (χ3v) is 5.66. The Morgan fingerprint density at radius 2 is 1.87 bits per heavy atom. The number of nitrogens with one attached hydrogen (secondary N) is 3. The molecular formula is C23H29N4O3+. The highest BCUT2D eigenvalue weighted by atomic mass is 16.5. The van der Waals surface area contributed by atoms with Crippen LogP contribution >= 0.6 is 0 Å². The zero-order valence-corrected chi connectivity index (χ0v) is 17.3. The summed E-state index contributed by atoms with van der Waals surface area (Å²) >= 11 is 0. The van der Waals surface area contributed by atoms with Gasteiger partial charge in [-0.05, 0) is 37.1 Å². The van der Waals surface area contributed by atoms with E-state index < -0.39 is 0 Å². The van der Waals surface area contributed by atoms with Gasteiger partial charge in [-0.15, -0.1) is 0 Å². The van der Waals surface area contributed by atoms with Crippen molar-refractivity contribution < 1.29 is 19.2 Å². The summed E-state index contributed by atoms with van der Waals surface area (Å²) in [7, 11) is 1.67. The molecule has 1 saturated carbocycles. The maximum Gasteiger partial charge on any atom is 0.279 e. The van der Waals surface area contributed by atoms with Crippen molar-refractivity contribution in [1.29, 1.82) is 0 Å². The summed E-state index contributed by atoms with van der Waals surface area (Å²) in [4.78, 5) is 28.6. The molecule has 1 saturated heterocycles. The van der Waals surface area contributed by atoms with Gasteiger partial charge >= 0.3 is 0 Å². The Morgan fingerprint density at radius 1 is 1.10 bits per heavy atom. The van der Waals surface area contributed by atoms with E-state index in [4.69, 9.17) is 4.74 Å². The summed E-state index contributed by atoms with van der Waals surface area (Å²) in [5.41, 5.74) is 2.25. The Kier molecular flexibility index (Phi) is 6.18. The van der Waals surface area contributed by atoms with Crippen molar-refractivity contribution >= 4 is 23.2 Å². The number of hydrogen-bond donors (Lipinski definition) is 3. The Labute approximate surface area is 177 Å². The lowest BCUT2D eigenvalue weighted by molar-refractivity contribution is -0.892. The zero-order valence-electron chi connectivity index (χ0n) is 17.3. The number of piperazine rings is 1. The lowest BCUT2D eigenvalue weighted by Gasteiger charge is -2.33. The van der Waals surface area contributed by atoms with Crippen molar-refractivity contribution in [3.05, 3.63) is 54.1 Å². The number of nitrogens with zero attached hydrogens (tertiary/aromatic N) is 1. The Morgan fingerprint density at radius 3 is 2.60 bits per heavy atom. The minimum Gasteiger partial charge on any atom is -0.497 e. The van der Waals surface area contributed by atoms with Crippen molar-refractivity contribution in [2.24, 2.45) is 0 Å². The maximum atomic E-state index is 12.6. The number of methoxy groups -OCH3 is 1. The van der Waals surface area contributed by atoms with Crippen LogP contribution in [0.3, 0.4) is 0 Å². The number of amides is 2. The summed E-state index contributed by atoms with van der Waals surface area (Å²) in [6.45, 7) is 3.93. The van der Waals surface area contributed by atoms with Gasteiger partial charge in [-0.1, -0.05) is 18.2 Å². The van der Waals surface area contributed by atoms with E-state index in [9.17, 15) is 9.59 Å². The van der Waals surface area contributed by atoms with Gasteiger partial charge < -0.3 is 25.2 Å². The molecule has 1 aliphatic carbocycles. The minimum atomic E-state index is -0.118. The van der Waals surface area contributed by atoms with Gasteiger partial charge in [0.25, 0.3) is 11.8 Å². The lowest BCUT2D eigenvalue weighted by Crippen LogP contribution is -3.15. The molecule has 1 heterocycles. The van der Waals surface area contributed by atoms with Crippen molar-refractivity contribution in [2.45, 2.75) is 18.9 Å². The van der Waals surface area contributed by atoms with Crippen LogP contribution in [0.1, 0.15) is 23.2 Å². The largest absolute Gasteiger partial charge is 0.497 e. The van der Waals surface area contributed by atoms with Crippen LogP contribution in [-0.2, 0) is 4.79 Å². The summed E-state index contributed by atoms with van der Waals surface area (Å²) in [5, 5.41) is 5.92. The number of carbonyl (C=O) groups is 2. The van der Waals surface area contributed by atoms with E-state index in [-0.39, 0.29) is 17.9 Å². The van der Waals surface area contributed by atoms with Crippen LogP contribution in [0.4, 0.5) is 11.4 Å². The fraction of sp³-hybridized carbons (Fsp3) is 0.391. The van der Waals surface area contributed by atoms with Crippen LogP contribution in [0.15, 0.2) is 48.5 Å². The molecule has 2 aromatic carbocycles. The second-order valence-corrected chi connectivity index (χ2v) is 7.96. The molecule has 0 bridgehead atoms. The topological polar surface area (TPSA) is 75.1 Å². The molecule has 2 fully saturated rings. The van der Waals surface area contributed by atoms with E-state index >= 15 is 0 Å². The number of ether oxygens (including phenoxy) is 1. The second-order valence-electron chi connectivity index (χ2n) is 7.96. The molecule has 30 heavy (non-hydrogen) atoms. The fourth-order valence-corrected chi connectivity index (χ4v) is 3.77. The summed E-state index contributed by atoms with van der Waals surface area (Å²) < 4.78 is 5.31. The molecule has 0 aromatic heterocycles. The van der Waals surface area contributed by atoms with Crippen LogP contribution < -0.4 is 25.2 Å². The van der Waals surface area contributed by atoms with E-state index in [1.807, 2.05) is 30.3 Å². The van der Waals surface area contributed by atoms with Crippen molar-refractivity contribution in [3.8, 4) is 5.75 Å². The van der Waals surface area contributed by atoms with Crippen LogP contribution in [0.2, 0.25) is 0 Å². The molecule has 1 aliphatic heterocycles. The molecular weight excluding hydrogens is 380 g/mol. The van der Waals surface area contributed by atoms with E-state index in [1.54, 1.807) is 19.2 Å². The lowest BCUT2D eigenvalue weighted by atomic mass is 10.1. The molecule has 0 spiro atoms. The maximum absolute atomic E-state index is 12.6. The van der Waals surface area contributed by atoms with Gasteiger partial charge in [0, 0.05) is 17.8 Å². The van der Waals surface area contributed by atoms with E-state index in [0.29, 0.717) is 17.8 Å². The Bertz CT molecular complexity index is 905. The number of carbonyl (C=O) groups excluding carboxylic acids is 2. The smallest absolute Gasteiger partial charge is 0.279 e. The summed E-state index contributed by atoms with van der Waals surface area (Å²) in [6.07, 6.45) is 2.07. The van der Waals surface area contributed by atoms with Gasteiger partial charge in [-0.3, -0.25) is 9.59 Å². The molecule has 3 N–H and O–H groups in total. The highest BCUT2D eigenvalue weighted by Crippen LogP contribution is 2.22. The quantitative estimate of drug-likeness (QED) is 0.636. The normalized spacial score (nSPS) is 16.8. The van der Waals surface area contributed by atoms with E-state index in [2.05, 4.69) is 21.6 Å². The summed E-state index contributed by atoms with van der Waals surface area (Å²) in [5.74, 6) is 0.671. The first-order chi connectivity index (χ1) is 14.6. The highest BCUT2D eigenvalue weighted by molar-refractivity contribution is 6.04. The highest BCUT2D eigenvalue weighted by Gasteiger charge is 2.26. The number of para-hydroxylation sites is 1. The van der Waals surface area contributed by atoms with Crippen molar-refractivity contribution in [2.75, 3.05) is 50.1 Å². The van der Waals surface area contributed by atoms with Gasteiger partial charge in [-0.2, -0.15) is 0 Å². The summed E-state index contributed by atoms with van der Waals surface area (Å²) in [6, 6.07) is 15.6. The molecule has 2 aliphatic rings. The van der Waals surface area contributed by atoms with Crippen LogP contribution in [0.25, 0.3) is 0 Å². The molecule has 2 amide bonds. The van der Waals surface area contributed by atoms with Crippen LogP contribution in [0, 0.1) is 0 Å². The average Bonchev–Trinajstić information content (AvgIpc) is 3.58. The first kappa shape index (κ1) is 20.2. The number of quaternary nitrogens is 1. The molecule has 0 atom stereocenters. The molecule has 7 heteroatoms. The number of hydrogen-bond acceptors (Lipinski definition) is 4. The monoisotopic (exact) mass is 409 g/mol. The Balaban J connectivity index is 1.30. The average molecular weight is 410 g/mol. The second kappa shape index (κ2) is 9.17. The zero-order chi connectivity index (χ0) is 20.9. The van der Waals surface area contributed by atoms with Crippen LogP contribution in [0.5, 0.6) is 5.75 Å². The fourth-order valence-electron chi connectivity index (χ4n) is 3.77. The third kappa shape index (κ3) is 5.10. The molecule has 2 aromatic rings. The van der Waals surface area contributed by atoms with Gasteiger partial charge in [0.15, 0.2) is 6.54 Å². The minimum absolute atomic E-state index is 0.0634. The van der Waals surface area contributed by atoms with E-state index in [0.717, 1.165) is 50.5 Å². The Hall–Kier alpha value is -3.06. The van der Waals surface area contributed by atoms with Crippen molar-refractivity contribution in [1.82, 2.24) is 5.32 Å². The number of anilines is 2. The molecule has 0 unspecified atom stereocenters. The molecule has 158 valence electrons. The first-order valence-corrected chi connectivity index (χ1v) is 10.5. The van der Waals surface area contributed by atoms with Crippen LogP contribution in [-0.4, -0.2) is 57.7 Å². The first-order valence-electron chi connectivity index (χ1n) is 10.5. The number of benzene rings is 2. The third-order valence-electron chi connectivity index (χ3n) is 5.66. The van der Waals surface area contributed by atoms with Gasteiger partial charge in [0.2, 0.25) is 0 Å². The molecule has 0 radical (unpaired) electrons. The number of rotatable bonds is 7. The molecule has 4 rings (SSSR count). The van der Waals surface area contributed by atoms with Gasteiger partial charge in [-0.25, -0.2) is 0 Å². The van der Waals surface area contributed by atoms with Crippen molar-refractivity contribution in [3.63, 3.8) is 0 Å². The predicted molar refractivity (Wildman–Crippen MR) is 116 cm³/mol.